The third-order valence-electron chi connectivity index (χ3n) is 2.84. The van der Waals surface area contributed by atoms with Crippen molar-refractivity contribution < 1.29 is 4.42 Å². The molecule has 4 nitrogen and oxygen atoms in total. The zero-order valence-corrected chi connectivity index (χ0v) is 8.79. The van der Waals surface area contributed by atoms with Crippen LogP contribution in [0.5, 0.6) is 0 Å². The number of hydrogen-bond donors (Lipinski definition) is 1. The van der Waals surface area contributed by atoms with Crippen molar-refractivity contribution in [1.29, 1.82) is 0 Å². The van der Waals surface area contributed by atoms with Crippen molar-refractivity contribution >= 4 is 0 Å². The molecule has 1 aliphatic heterocycles. The lowest BCUT2D eigenvalue weighted by Gasteiger charge is -2.33. The summed E-state index contributed by atoms with van der Waals surface area (Å²) in [6, 6.07) is 0.583. The van der Waals surface area contributed by atoms with E-state index >= 15 is 0 Å². The van der Waals surface area contributed by atoms with Gasteiger partial charge in [-0.15, -0.1) is 0 Å². The quantitative estimate of drug-likeness (QED) is 0.757. The normalized spacial score (nSPS) is 24.0. The molecule has 1 N–H and O–H groups in total. The van der Waals surface area contributed by atoms with Crippen LogP contribution < -0.4 is 5.32 Å². The number of piperazine rings is 1. The van der Waals surface area contributed by atoms with Gasteiger partial charge in [0.05, 0.1) is 5.69 Å². The molecule has 0 bridgehead atoms. The van der Waals surface area contributed by atoms with Crippen LogP contribution in [0.1, 0.15) is 18.4 Å². The molecule has 78 valence electrons. The molecular weight excluding hydrogens is 178 g/mol. The van der Waals surface area contributed by atoms with Crippen LogP contribution >= 0.6 is 0 Å². The van der Waals surface area contributed by atoms with E-state index in [1.807, 2.05) is 6.92 Å². The van der Waals surface area contributed by atoms with Crippen LogP contribution in [0.25, 0.3) is 0 Å². The first kappa shape index (κ1) is 9.68. The predicted molar refractivity (Wildman–Crippen MR) is 54.0 cm³/mol. The first-order valence-electron chi connectivity index (χ1n) is 5.11. The van der Waals surface area contributed by atoms with Gasteiger partial charge in [0.2, 0.25) is 0 Å². The van der Waals surface area contributed by atoms with Crippen molar-refractivity contribution in [1.82, 2.24) is 15.2 Å². The van der Waals surface area contributed by atoms with Gasteiger partial charge in [-0.1, -0.05) is 0 Å². The van der Waals surface area contributed by atoms with E-state index < -0.39 is 0 Å². The zero-order chi connectivity index (χ0) is 9.97. The Morgan fingerprint density at radius 1 is 1.71 bits per heavy atom. The molecule has 0 saturated carbocycles. The second-order valence-corrected chi connectivity index (χ2v) is 3.88. The summed E-state index contributed by atoms with van der Waals surface area (Å²) in [7, 11) is 0. The van der Waals surface area contributed by atoms with Gasteiger partial charge in [-0.25, -0.2) is 4.98 Å². The summed E-state index contributed by atoms with van der Waals surface area (Å²) < 4.78 is 5.19. The van der Waals surface area contributed by atoms with E-state index in [0.717, 1.165) is 37.6 Å². The van der Waals surface area contributed by atoms with Gasteiger partial charge in [0.15, 0.2) is 6.39 Å². The summed E-state index contributed by atoms with van der Waals surface area (Å²) in [5.41, 5.74) is 1.07. The molecule has 1 saturated heterocycles. The number of rotatable bonds is 2. The van der Waals surface area contributed by atoms with E-state index in [1.54, 1.807) is 0 Å². The Hall–Kier alpha value is -0.870. The van der Waals surface area contributed by atoms with Crippen molar-refractivity contribution in [3.63, 3.8) is 0 Å². The maximum atomic E-state index is 5.19. The van der Waals surface area contributed by atoms with Crippen LogP contribution in [0.15, 0.2) is 10.8 Å². The maximum Gasteiger partial charge on any atom is 0.181 e. The van der Waals surface area contributed by atoms with Crippen molar-refractivity contribution in [3.05, 3.63) is 17.8 Å². The monoisotopic (exact) mass is 195 g/mol. The lowest BCUT2D eigenvalue weighted by Crippen LogP contribution is -2.49. The molecule has 1 fully saturated rings. The molecule has 1 aromatic rings. The lowest BCUT2D eigenvalue weighted by molar-refractivity contribution is 0.163. The second-order valence-electron chi connectivity index (χ2n) is 3.88. The molecule has 0 aromatic carbocycles. The molecule has 0 amide bonds. The molecule has 0 aliphatic carbocycles. The van der Waals surface area contributed by atoms with Crippen LogP contribution in [-0.4, -0.2) is 35.6 Å². The summed E-state index contributed by atoms with van der Waals surface area (Å²) in [5.74, 6) is 0.940. The second kappa shape index (κ2) is 4.11. The molecule has 0 spiro atoms. The Balaban J connectivity index is 1.99. The molecule has 1 aliphatic rings. The number of nitrogens with one attached hydrogen (secondary N) is 1. The molecule has 0 radical (unpaired) electrons. The highest BCUT2D eigenvalue weighted by atomic mass is 16.3. The summed E-state index contributed by atoms with van der Waals surface area (Å²) in [4.78, 5) is 6.65. The smallest absolute Gasteiger partial charge is 0.181 e. The van der Waals surface area contributed by atoms with Gasteiger partial charge in [0.25, 0.3) is 0 Å². The topological polar surface area (TPSA) is 41.3 Å². The molecule has 1 aromatic heterocycles. The minimum absolute atomic E-state index is 0.583. The average Bonchev–Trinajstić information content (AvgIpc) is 2.56. The van der Waals surface area contributed by atoms with Crippen LogP contribution in [0.4, 0.5) is 0 Å². The highest BCUT2D eigenvalue weighted by Crippen LogP contribution is 2.11. The fourth-order valence-corrected chi connectivity index (χ4v) is 1.79. The standard InChI is InChI=1S/C10H17N3O/c1-8-5-11-3-4-13(8)6-10-9(2)14-7-12-10/h7-8,11H,3-6H2,1-2H3. The SMILES string of the molecule is Cc1ocnc1CN1CCNCC1C. The van der Waals surface area contributed by atoms with E-state index in [2.05, 4.69) is 22.1 Å². The van der Waals surface area contributed by atoms with Crippen molar-refractivity contribution in [3.8, 4) is 0 Å². The van der Waals surface area contributed by atoms with Crippen molar-refractivity contribution in [2.24, 2.45) is 0 Å². The van der Waals surface area contributed by atoms with Gasteiger partial charge in [-0.2, -0.15) is 0 Å². The van der Waals surface area contributed by atoms with Gasteiger partial charge < -0.3 is 9.73 Å². The molecule has 1 atom stereocenters. The maximum absolute atomic E-state index is 5.19. The number of oxazole rings is 1. The minimum Gasteiger partial charge on any atom is -0.448 e. The van der Waals surface area contributed by atoms with Gasteiger partial charge in [-0.3, -0.25) is 4.90 Å². The fourth-order valence-electron chi connectivity index (χ4n) is 1.79. The number of aryl methyl sites for hydroxylation is 1. The first-order valence-corrected chi connectivity index (χ1v) is 5.11. The molecule has 1 unspecified atom stereocenters. The van der Waals surface area contributed by atoms with Gasteiger partial charge in [0.1, 0.15) is 5.76 Å². The Morgan fingerprint density at radius 3 is 3.21 bits per heavy atom. The summed E-state index contributed by atoms with van der Waals surface area (Å²) in [6.07, 6.45) is 1.53. The fraction of sp³-hybridized carbons (Fsp3) is 0.700. The van der Waals surface area contributed by atoms with Crippen LogP contribution in [0.3, 0.4) is 0 Å². The van der Waals surface area contributed by atoms with E-state index in [4.69, 9.17) is 4.42 Å². The lowest BCUT2D eigenvalue weighted by atomic mass is 10.2. The number of aromatic nitrogens is 1. The van der Waals surface area contributed by atoms with Gasteiger partial charge in [0, 0.05) is 32.2 Å². The Morgan fingerprint density at radius 2 is 2.57 bits per heavy atom. The molecule has 4 heteroatoms. The highest BCUT2D eigenvalue weighted by molar-refractivity contribution is 5.05. The molecular formula is C10H17N3O. The molecule has 2 heterocycles. The Labute approximate surface area is 84.3 Å². The van der Waals surface area contributed by atoms with Crippen molar-refractivity contribution in [2.45, 2.75) is 26.4 Å². The molecule has 2 rings (SSSR count). The third-order valence-corrected chi connectivity index (χ3v) is 2.84. The van der Waals surface area contributed by atoms with E-state index in [9.17, 15) is 0 Å². The minimum atomic E-state index is 0.583. The highest BCUT2D eigenvalue weighted by Gasteiger charge is 2.19. The summed E-state index contributed by atoms with van der Waals surface area (Å²) >= 11 is 0. The van der Waals surface area contributed by atoms with Crippen LogP contribution in [0, 0.1) is 6.92 Å². The Bertz CT molecular complexity index is 297. The van der Waals surface area contributed by atoms with E-state index in [-0.39, 0.29) is 0 Å². The van der Waals surface area contributed by atoms with E-state index in [0.29, 0.717) is 6.04 Å². The third kappa shape index (κ3) is 1.96. The van der Waals surface area contributed by atoms with Crippen LogP contribution in [-0.2, 0) is 6.54 Å². The molecule has 14 heavy (non-hydrogen) atoms. The zero-order valence-electron chi connectivity index (χ0n) is 8.79. The largest absolute Gasteiger partial charge is 0.448 e. The van der Waals surface area contributed by atoms with Gasteiger partial charge >= 0.3 is 0 Å². The van der Waals surface area contributed by atoms with E-state index in [1.165, 1.54) is 6.39 Å². The first-order chi connectivity index (χ1) is 6.77. The predicted octanol–water partition coefficient (Wildman–Crippen LogP) is 0.777. The van der Waals surface area contributed by atoms with Crippen LogP contribution in [0.2, 0.25) is 0 Å². The average molecular weight is 195 g/mol. The number of hydrogen-bond acceptors (Lipinski definition) is 4. The summed E-state index contributed by atoms with van der Waals surface area (Å²) in [5, 5.41) is 3.37. The van der Waals surface area contributed by atoms with Gasteiger partial charge in [-0.05, 0) is 13.8 Å². The number of nitrogens with zero attached hydrogens (tertiary/aromatic N) is 2. The van der Waals surface area contributed by atoms with Crippen molar-refractivity contribution in [2.75, 3.05) is 19.6 Å². The Kier molecular flexibility index (Phi) is 2.84. The summed E-state index contributed by atoms with van der Waals surface area (Å²) in [6.45, 7) is 8.34.